The molecule has 0 saturated carbocycles. The van der Waals surface area contributed by atoms with Gasteiger partial charge in [-0.3, -0.25) is 4.79 Å². The molecule has 15 heavy (non-hydrogen) atoms. The molecular formula is C11H10Cl2O2. The second-order valence-electron chi connectivity index (χ2n) is 3.00. The Balaban J connectivity index is 2.80. The van der Waals surface area contributed by atoms with E-state index in [4.69, 9.17) is 27.9 Å². The van der Waals surface area contributed by atoms with Crippen LogP contribution in [0.1, 0.15) is 15.9 Å². The lowest BCUT2D eigenvalue weighted by atomic mass is 10.1. The first-order chi connectivity index (χ1) is 7.17. The van der Waals surface area contributed by atoms with Gasteiger partial charge in [0.25, 0.3) is 0 Å². The molecule has 1 aromatic rings. The summed E-state index contributed by atoms with van der Waals surface area (Å²) in [6.07, 6.45) is 0.751. The van der Waals surface area contributed by atoms with Gasteiger partial charge in [0.15, 0.2) is 6.29 Å². The Labute approximate surface area is 98.4 Å². The first-order valence-corrected chi connectivity index (χ1v) is 5.12. The van der Waals surface area contributed by atoms with E-state index in [9.17, 15) is 4.79 Å². The van der Waals surface area contributed by atoms with Crippen LogP contribution in [0.25, 0.3) is 0 Å². The van der Waals surface area contributed by atoms with Crippen LogP contribution < -0.4 is 4.74 Å². The molecule has 0 aliphatic carbocycles. The standard InChI is InChI=1S/C11H10Cl2O2/c1-8-2-3-11(9(4-8)6-14)15-7-10(13)5-12/h2-6H,7H2,1H3. The predicted octanol–water partition coefficient (Wildman–Crippen LogP) is 3.51. The van der Waals surface area contributed by atoms with E-state index in [2.05, 4.69) is 0 Å². The minimum absolute atomic E-state index is 0.162. The van der Waals surface area contributed by atoms with Crippen LogP contribution in [0.5, 0.6) is 5.75 Å². The number of rotatable bonds is 4. The number of aldehydes is 1. The van der Waals surface area contributed by atoms with Crippen LogP contribution in [0.3, 0.4) is 0 Å². The molecule has 0 aliphatic rings. The van der Waals surface area contributed by atoms with Gasteiger partial charge in [-0.1, -0.05) is 34.8 Å². The van der Waals surface area contributed by atoms with Crippen molar-refractivity contribution < 1.29 is 9.53 Å². The van der Waals surface area contributed by atoms with Crippen LogP contribution in [0, 0.1) is 6.92 Å². The molecule has 1 aromatic carbocycles. The number of benzene rings is 1. The zero-order chi connectivity index (χ0) is 11.3. The van der Waals surface area contributed by atoms with Crippen molar-refractivity contribution in [3.63, 3.8) is 0 Å². The van der Waals surface area contributed by atoms with Crippen LogP contribution in [0.4, 0.5) is 0 Å². The van der Waals surface area contributed by atoms with Gasteiger partial charge in [-0.25, -0.2) is 0 Å². The highest BCUT2D eigenvalue weighted by Gasteiger charge is 2.03. The summed E-state index contributed by atoms with van der Waals surface area (Å²) in [4.78, 5) is 10.7. The number of hydrogen-bond donors (Lipinski definition) is 0. The van der Waals surface area contributed by atoms with E-state index in [0.717, 1.165) is 11.8 Å². The first-order valence-electron chi connectivity index (χ1n) is 4.30. The summed E-state index contributed by atoms with van der Waals surface area (Å²) in [5.74, 6) is 0.507. The number of carbonyl (C=O) groups excluding carboxylic acids is 1. The summed E-state index contributed by atoms with van der Waals surface area (Å²) in [5, 5.41) is 0.383. The predicted molar refractivity (Wildman–Crippen MR) is 61.9 cm³/mol. The molecule has 0 bridgehead atoms. The summed E-state index contributed by atoms with van der Waals surface area (Å²) in [6.45, 7) is 2.07. The molecule has 0 spiro atoms. The quantitative estimate of drug-likeness (QED) is 0.759. The summed E-state index contributed by atoms with van der Waals surface area (Å²) in [5.41, 5.74) is 2.74. The van der Waals surface area contributed by atoms with Crippen LogP contribution in [-0.4, -0.2) is 12.9 Å². The molecule has 0 N–H and O–H groups in total. The van der Waals surface area contributed by atoms with Crippen LogP contribution in [0.2, 0.25) is 0 Å². The highest BCUT2D eigenvalue weighted by molar-refractivity contribution is 6.36. The van der Waals surface area contributed by atoms with Crippen LogP contribution in [0.15, 0.2) is 28.8 Å². The largest absolute Gasteiger partial charge is 0.487 e. The van der Waals surface area contributed by atoms with Crippen molar-refractivity contribution in [2.75, 3.05) is 6.61 Å². The summed E-state index contributed by atoms with van der Waals surface area (Å²) in [7, 11) is 0. The fourth-order valence-corrected chi connectivity index (χ4v) is 1.19. The molecule has 0 heterocycles. The fourth-order valence-electron chi connectivity index (χ4n) is 1.07. The minimum Gasteiger partial charge on any atom is -0.487 e. The summed E-state index contributed by atoms with van der Waals surface area (Å²) in [6, 6.07) is 5.35. The number of ether oxygens (including phenoxy) is 1. The van der Waals surface area contributed by atoms with Crippen molar-refractivity contribution in [2.24, 2.45) is 0 Å². The van der Waals surface area contributed by atoms with E-state index >= 15 is 0 Å². The average Bonchev–Trinajstić information content (AvgIpc) is 2.26. The first kappa shape index (κ1) is 12.1. The Morgan fingerprint density at radius 2 is 2.27 bits per heavy atom. The van der Waals surface area contributed by atoms with Crippen molar-refractivity contribution in [2.45, 2.75) is 6.92 Å². The van der Waals surface area contributed by atoms with Gasteiger partial charge in [-0.15, -0.1) is 0 Å². The maximum Gasteiger partial charge on any atom is 0.153 e. The van der Waals surface area contributed by atoms with Crippen molar-refractivity contribution in [3.05, 3.63) is 39.9 Å². The van der Waals surface area contributed by atoms with E-state index < -0.39 is 0 Å². The molecule has 0 fully saturated rings. The average molecular weight is 245 g/mol. The third kappa shape index (κ3) is 3.57. The van der Waals surface area contributed by atoms with E-state index in [1.807, 2.05) is 13.0 Å². The maximum absolute atomic E-state index is 10.7. The molecule has 0 amide bonds. The van der Waals surface area contributed by atoms with Crippen molar-refractivity contribution in [1.82, 2.24) is 0 Å². The highest BCUT2D eigenvalue weighted by Crippen LogP contribution is 2.19. The van der Waals surface area contributed by atoms with E-state index in [1.165, 1.54) is 5.54 Å². The lowest BCUT2D eigenvalue weighted by Crippen LogP contribution is -1.99. The Bertz CT molecular complexity index is 386. The van der Waals surface area contributed by atoms with Gasteiger partial charge in [0.05, 0.1) is 10.6 Å². The number of carbonyl (C=O) groups is 1. The zero-order valence-corrected chi connectivity index (χ0v) is 9.68. The van der Waals surface area contributed by atoms with Crippen LogP contribution >= 0.6 is 23.2 Å². The maximum atomic E-state index is 10.7. The Kier molecular flexibility index (Phi) is 4.66. The molecule has 0 aromatic heterocycles. The SMILES string of the molecule is Cc1ccc(OCC(Cl)=CCl)c(C=O)c1. The van der Waals surface area contributed by atoms with E-state index in [0.29, 0.717) is 16.3 Å². The molecule has 4 heteroatoms. The third-order valence-electron chi connectivity index (χ3n) is 1.78. The number of halogens is 2. The fraction of sp³-hybridized carbons (Fsp3) is 0.182. The van der Waals surface area contributed by atoms with Gasteiger partial charge >= 0.3 is 0 Å². The third-order valence-corrected chi connectivity index (χ3v) is 2.37. The molecule has 0 unspecified atom stereocenters. The van der Waals surface area contributed by atoms with Gasteiger partial charge in [-0.05, 0) is 19.1 Å². The normalized spacial score (nSPS) is 11.3. The Morgan fingerprint density at radius 1 is 1.53 bits per heavy atom. The summed E-state index contributed by atoms with van der Waals surface area (Å²) < 4.78 is 5.32. The highest BCUT2D eigenvalue weighted by atomic mass is 35.5. The van der Waals surface area contributed by atoms with Crippen LogP contribution in [-0.2, 0) is 0 Å². The van der Waals surface area contributed by atoms with Gasteiger partial charge in [-0.2, -0.15) is 0 Å². The molecule has 0 saturated heterocycles. The molecule has 2 nitrogen and oxygen atoms in total. The Morgan fingerprint density at radius 3 is 2.87 bits per heavy atom. The molecule has 0 atom stereocenters. The number of aryl methyl sites for hydroxylation is 1. The topological polar surface area (TPSA) is 26.3 Å². The van der Waals surface area contributed by atoms with Gasteiger partial charge < -0.3 is 4.74 Å². The lowest BCUT2D eigenvalue weighted by molar-refractivity contribution is 0.112. The van der Waals surface area contributed by atoms with Gasteiger partial charge in [0.2, 0.25) is 0 Å². The van der Waals surface area contributed by atoms with Gasteiger partial charge in [0, 0.05) is 5.54 Å². The molecule has 0 radical (unpaired) electrons. The molecule has 80 valence electrons. The van der Waals surface area contributed by atoms with Crippen molar-refractivity contribution >= 4 is 29.5 Å². The zero-order valence-electron chi connectivity index (χ0n) is 8.17. The van der Waals surface area contributed by atoms with Gasteiger partial charge in [0.1, 0.15) is 12.4 Å². The van der Waals surface area contributed by atoms with Crippen molar-refractivity contribution in [3.8, 4) is 5.75 Å². The lowest BCUT2D eigenvalue weighted by Gasteiger charge is -2.07. The molecule has 0 aliphatic heterocycles. The second kappa shape index (κ2) is 5.79. The monoisotopic (exact) mass is 244 g/mol. The number of hydrogen-bond acceptors (Lipinski definition) is 2. The molecular weight excluding hydrogens is 235 g/mol. The second-order valence-corrected chi connectivity index (χ2v) is 3.71. The van der Waals surface area contributed by atoms with Crippen molar-refractivity contribution in [1.29, 1.82) is 0 Å². The minimum atomic E-state index is 0.162. The smallest absolute Gasteiger partial charge is 0.153 e. The van der Waals surface area contributed by atoms with E-state index in [1.54, 1.807) is 12.1 Å². The Hall–Kier alpha value is -0.990. The molecule has 1 rings (SSSR count). The summed E-state index contributed by atoms with van der Waals surface area (Å²) >= 11 is 11.0. The van der Waals surface area contributed by atoms with E-state index in [-0.39, 0.29) is 6.61 Å².